The van der Waals surface area contributed by atoms with Gasteiger partial charge < -0.3 is 5.11 Å². The summed E-state index contributed by atoms with van der Waals surface area (Å²) in [6, 6.07) is 2.46. The summed E-state index contributed by atoms with van der Waals surface area (Å²) in [6.07, 6.45) is -3.59. The van der Waals surface area contributed by atoms with Crippen LogP contribution >= 0.6 is 0 Å². The Morgan fingerprint density at radius 3 is 2.59 bits per heavy atom. The maximum atomic E-state index is 13.2. The number of anilines is 1. The maximum absolute atomic E-state index is 13.2. The van der Waals surface area contributed by atoms with Crippen LogP contribution < -0.4 is 4.90 Å². The summed E-state index contributed by atoms with van der Waals surface area (Å²) in [5.74, 6) is -0.646. The second-order valence-electron chi connectivity index (χ2n) is 5.67. The zero-order valence-corrected chi connectivity index (χ0v) is 12.5. The van der Waals surface area contributed by atoms with Crippen LogP contribution in [0.5, 0.6) is 0 Å². The van der Waals surface area contributed by atoms with E-state index in [2.05, 4.69) is 4.98 Å². The minimum atomic E-state index is -4.88. The predicted molar refractivity (Wildman–Crippen MR) is 75.2 cm³/mol. The first kappa shape index (κ1) is 16.5. The van der Waals surface area contributed by atoms with Crippen molar-refractivity contribution in [2.75, 3.05) is 11.4 Å². The number of aromatic nitrogens is 1. The van der Waals surface area contributed by atoms with Gasteiger partial charge in [0.2, 0.25) is 11.5 Å². The van der Waals surface area contributed by atoms with Gasteiger partial charge in [-0.15, -0.1) is 0 Å². The molecule has 1 aromatic heterocycles. The predicted octanol–water partition coefficient (Wildman–Crippen LogP) is 2.92. The van der Waals surface area contributed by atoms with E-state index in [1.165, 1.54) is 12.3 Å². The van der Waals surface area contributed by atoms with Gasteiger partial charge >= 0.3 is 6.18 Å². The third-order valence-electron chi connectivity index (χ3n) is 3.91. The molecule has 1 atom stereocenters. The largest absolute Gasteiger partial charge is 0.423 e. The summed E-state index contributed by atoms with van der Waals surface area (Å²) in [5, 5.41) is 10.1. The van der Waals surface area contributed by atoms with E-state index in [0.717, 1.165) is 22.1 Å². The van der Waals surface area contributed by atoms with Crippen molar-refractivity contribution in [2.24, 2.45) is 0 Å². The first-order valence-electron chi connectivity index (χ1n) is 6.76. The number of rotatable bonds is 2. The minimum Gasteiger partial charge on any atom is -0.375 e. The van der Waals surface area contributed by atoms with Gasteiger partial charge in [-0.3, -0.25) is 9.69 Å². The molecule has 2 rings (SSSR count). The lowest BCUT2D eigenvalue weighted by Crippen LogP contribution is -2.47. The van der Waals surface area contributed by atoms with E-state index in [1.807, 2.05) is 13.8 Å². The normalized spacial score (nSPS) is 20.8. The molecule has 0 bridgehead atoms. The monoisotopic (exact) mass is 314 g/mol. The SMILES string of the molecule is CC(C)=C(C)CC(=O)N1CC(O)(C(F)(F)F)c2cccnc21. The van der Waals surface area contributed by atoms with Crippen LogP contribution in [0.2, 0.25) is 0 Å². The van der Waals surface area contributed by atoms with Gasteiger partial charge in [0, 0.05) is 18.2 Å². The molecule has 1 aliphatic heterocycles. The Kier molecular flexibility index (Phi) is 4.04. The van der Waals surface area contributed by atoms with Crippen molar-refractivity contribution in [3.63, 3.8) is 0 Å². The van der Waals surface area contributed by atoms with E-state index in [1.54, 1.807) is 6.92 Å². The van der Waals surface area contributed by atoms with Crippen LogP contribution in [0.15, 0.2) is 29.5 Å². The summed E-state index contributed by atoms with van der Waals surface area (Å²) < 4.78 is 39.7. The number of aliphatic hydroxyl groups is 1. The lowest BCUT2D eigenvalue weighted by molar-refractivity contribution is -0.259. The molecule has 1 unspecified atom stereocenters. The molecular weight excluding hydrogens is 297 g/mol. The van der Waals surface area contributed by atoms with E-state index in [-0.39, 0.29) is 17.8 Å². The summed E-state index contributed by atoms with van der Waals surface area (Å²) in [5.41, 5.74) is -1.75. The number of fused-ring (bicyclic) bond motifs is 1. The van der Waals surface area contributed by atoms with Crippen molar-refractivity contribution in [3.05, 3.63) is 35.0 Å². The summed E-state index contributed by atoms with van der Waals surface area (Å²) in [4.78, 5) is 17.1. The highest BCUT2D eigenvalue weighted by Gasteiger charge is 2.61. The molecule has 120 valence electrons. The van der Waals surface area contributed by atoms with Crippen LogP contribution in [0.25, 0.3) is 0 Å². The van der Waals surface area contributed by atoms with Crippen molar-refractivity contribution in [2.45, 2.75) is 39.0 Å². The Morgan fingerprint density at radius 2 is 2.05 bits per heavy atom. The molecule has 7 heteroatoms. The molecule has 0 radical (unpaired) electrons. The average Bonchev–Trinajstić information content (AvgIpc) is 2.74. The number of halogens is 3. The number of hydrogen-bond donors (Lipinski definition) is 1. The van der Waals surface area contributed by atoms with E-state index in [9.17, 15) is 23.1 Å². The van der Waals surface area contributed by atoms with Gasteiger partial charge in [-0.25, -0.2) is 4.98 Å². The van der Waals surface area contributed by atoms with Crippen molar-refractivity contribution >= 4 is 11.7 Å². The number of alkyl halides is 3. The molecule has 2 heterocycles. The number of pyridine rings is 1. The molecule has 0 spiro atoms. The highest BCUT2D eigenvalue weighted by Crippen LogP contribution is 2.47. The Hall–Kier alpha value is -1.89. The zero-order chi connectivity index (χ0) is 16.7. The number of nitrogens with zero attached hydrogens (tertiary/aromatic N) is 2. The second kappa shape index (κ2) is 5.39. The van der Waals surface area contributed by atoms with Gasteiger partial charge in [-0.2, -0.15) is 13.2 Å². The fourth-order valence-electron chi connectivity index (χ4n) is 2.27. The highest BCUT2D eigenvalue weighted by molar-refractivity contribution is 5.96. The lowest BCUT2D eigenvalue weighted by atomic mass is 9.97. The second-order valence-corrected chi connectivity index (χ2v) is 5.67. The van der Waals surface area contributed by atoms with Crippen molar-refractivity contribution in [1.82, 2.24) is 4.98 Å². The first-order valence-corrected chi connectivity index (χ1v) is 6.76. The van der Waals surface area contributed by atoms with Crippen LogP contribution in [0.3, 0.4) is 0 Å². The van der Waals surface area contributed by atoms with E-state index < -0.39 is 24.2 Å². The van der Waals surface area contributed by atoms with E-state index in [0.29, 0.717) is 0 Å². The molecule has 0 aliphatic carbocycles. The minimum absolute atomic E-state index is 0.00765. The van der Waals surface area contributed by atoms with E-state index >= 15 is 0 Å². The van der Waals surface area contributed by atoms with Gasteiger partial charge in [-0.1, -0.05) is 17.2 Å². The number of hydrogen-bond acceptors (Lipinski definition) is 3. The van der Waals surface area contributed by atoms with Gasteiger partial charge in [-0.05, 0) is 26.8 Å². The van der Waals surface area contributed by atoms with Crippen LogP contribution in [0.4, 0.5) is 19.0 Å². The van der Waals surface area contributed by atoms with Crippen molar-refractivity contribution < 1.29 is 23.1 Å². The third kappa shape index (κ3) is 2.61. The molecule has 1 N–H and O–H groups in total. The van der Waals surface area contributed by atoms with Crippen LogP contribution in [0.1, 0.15) is 32.8 Å². The van der Waals surface area contributed by atoms with Gasteiger partial charge in [0.1, 0.15) is 5.82 Å². The molecular formula is C15H17F3N2O2. The van der Waals surface area contributed by atoms with Gasteiger partial charge in [0.15, 0.2) is 0 Å². The molecule has 4 nitrogen and oxygen atoms in total. The Morgan fingerprint density at radius 1 is 1.41 bits per heavy atom. The number of allylic oxidation sites excluding steroid dienone is 1. The first-order chi connectivity index (χ1) is 10.1. The molecule has 1 aromatic rings. The molecule has 0 saturated carbocycles. The molecule has 1 aliphatic rings. The van der Waals surface area contributed by atoms with Crippen LogP contribution in [-0.2, 0) is 10.4 Å². The van der Waals surface area contributed by atoms with Crippen LogP contribution in [-0.4, -0.2) is 28.7 Å². The number of amides is 1. The Balaban J connectivity index is 2.42. The summed E-state index contributed by atoms with van der Waals surface area (Å²) in [6.45, 7) is 4.53. The number of carbonyl (C=O) groups excluding carboxylic acids is 1. The smallest absolute Gasteiger partial charge is 0.375 e. The van der Waals surface area contributed by atoms with Crippen LogP contribution in [0, 0.1) is 0 Å². The standard InChI is InChI=1S/C15H17F3N2O2/c1-9(2)10(3)7-12(21)20-8-14(22,15(16,17)18)11-5-4-6-19-13(11)20/h4-6,22H,7-8H2,1-3H3. The lowest BCUT2D eigenvalue weighted by Gasteiger charge is -2.26. The van der Waals surface area contributed by atoms with Crippen molar-refractivity contribution in [3.8, 4) is 0 Å². The fraction of sp³-hybridized carbons (Fsp3) is 0.467. The number of β-amino-alcohol motifs (C(OH)–C–C–N with tert-alkyl or cyclic N) is 1. The summed E-state index contributed by atoms with van der Waals surface area (Å²) >= 11 is 0. The average molecular weight is 314 g/mol. The summed E-state index contributed by atoms with van der Waals surface area (Å²) in [7, 11) is 0. The topological polar surface area (TPSA) is 53.4 Å². The molecule has 0 saturated heterocycles. The fourth-order valence-corrected chi connectivity index (χ4v) is 2.27. The molecule has 22 heavy (non-hydrogen) atoms. The zero-order valence-electron chi connectivity index (χ0n) is 12.5. The van der Waals surface area contributed by atoms with Gasteiger partial charge in [0.25, 0.3) is 0 Å². The molecule has 1 amide bonds. The third-order valence-corrected chi connectivity index (χ3v) is 3.91. The quantitative estimate of drug-likeness (QED) is 0.854. The highest BCUT2D eigenvalue weighted by atomic mass is 19.4. The molecule has 0 fully saturated rings. The van der Waals surface area contributed by atoms with Gasteiger partial charge in [0.05, 0.1) is 6.54 Å². The molecule has 0 aromatic carbocycles. The van der Waals surface area contributed by atoms with E-state index in [4.69, 9.17) is 0 Å². The maximum Gasteiger partial charge on any atom is 0.423 e. The Bertz CT molecular complexity index is 636. The Labute approximate surface area is 126 Å². The number of carbonyl (C=O) groups is 1. The van der Waals surface area contributed by atoms with Crippen molar-refractivity contribution in [1.29, 1.82) is 0 Å².